The summed E-state index contributed by atoms with van der Waals surface area (Å²) in [5.74, 6) is -0.792. The number of rotatable bonds is 7. The van der Waals surface area contributed by atoms with E-state index in [-0.39, 0.29) is 12.6 Å². The molecule has 0 amide bonds. The molecule has 4 nitrogen and oxygen atoms in total. The maximum atomic E-state index is 10.8. The average molecular weight is 251 g/mol. The second-order valence-corrected chi connectivity index (χ2v) is 4.64. The van der Waals surface area contributed by atoms with Crippen LogP contribution >= 0.6 is 0 Å². The molecule has 1 aromatic rings. The number of carbonyl (C=O) groups is 1. The average Bonchev–Trinajstić information content (AvgIpc) is 2.30. The Morgan fingerprint density at radius 1 is 1.28 bits per heavy atom. The molecule has 0 radical (unpaired) electrons. The highest BCUT2D eigenvalue weighted by Crippen LogP contribution is 2.10. The quantitative estimate of drug-likeness (QED) is 0.806. The van der Waals surface area contributed by atoms with E-state index in [0.29, 0.717) is 13.2 Å². The predicted molar refractivity (Wildman–Crippen MR) is 70.3 cm³/mol. The van der Waals surface area contributed by atoms with E-state index in [0.717, 1.165) is 11.1 Å². The topological polar surface area (TPSA) is 49.8 Å². The molecule has 0 bridgehead atoms. The summed E-state index contributed by atoms with van der Waals surface area (Å²) in [5.41, 5.74) is 2.24. The van der Waals surface area contributed by atoms with Crippen molar-refractivity contribution in [3.05, 3.63) is 35.4 Å². The van der Waals surface area contributed by atoms with E-state index in [9.17, 15) is 4.79 Å². The highest BCUT2D eigenvalue weighted by molar-refractivity contribution is 5.69. The molecule has 0 heterocycles. The van der Waals surface area contributed by atoms with E-state index in [1.165, 1.54) is 0 Å². The van der Waals surface area contributed by atoms with Crippen LogP contribution in [0.1, 0.15) is 25.0 Å². The van der Waals surface area contributed by atoms with Gasteiger partial charge in [-0.05, 0) is 25.0 Å². The number of methoxy groups -OCH3 is 1. The van der Waals surface area contributed by atoms with Crippen LogP contribution in [0.25, 0.3) is 0 Å². The van der Waals surface area contributed by atoms with E-state index < -0.39 is 5.97 Å². The Morgan fingerprint density at radius 2 is 1.83 bits per heavy atom. The molecule has 0 aliphatic heterocycles. The van der Waals surface area contributed by atoms with Crippen LogP contribution in [0.2, 0.25) is 0 Å². The highest BCUT2D eigenvalue weighted by Gasteiger charge is 2.13. The van der Waals surface area contributed by atoms with Gasteiger partial charge in [0.15, 0.2) is 0 Å². The zero-order chi connectivity index (χ0) is 13.5. The Hall–Kier alpha value is -1.39. The smallest absolute Gasteiger partial charge is 0.317 e. The molecule has 18 heavy (non-hydrogen) atoms. The Labute approximate surface area is 108 Å². The minimum Gasteiger partial charge on any atom is -0.480 e. The summed E-state index contributed by atoms with van der Waals surface area (Å²) in [7, 11) is 1.67. The van der Waals surface area contributed by atoms with Gasteiger partial charge in [0.1, 0.15) is 0 Å². The molecule has 1 rings (SSSR count). The first-order valence-corrected chi connectivity index (χ1v) is 6.05. The van der Waals surface area contributed by atoms with Crippen molar-refractivity contribution in [1.82, 2.24) is 4.90 Å². The van der Waals surface area contributed by atoms with E-state index in [1.54, 1.807) is 7.11 Å². The second-order valence-electron chi connectivity index (χ2n) is 4.64. The van der Waals surface area contributed by atoms with Gasteiger partial charge in [-0.25, -0.2) is 0 Å². The summed E-state index contributed by atoms with van der Waals surface area (Å²) in [5, 5.41) is 8.87. The van der Waals surface area contributed by atoms with Gasteiger partial charge in [-0.2, -0.15) is 0 Å². The minimum absolute atomic E-state index is 0.0670. The molecule has 1 aromatic carbocycles. The van der Waals surface area contributed by atoms with Gasteiger partial charge in [0.2, 0.25) is 0 Å². The largest absolute Gasteiger partial charge is 0.480 e. The summed E-state index contributed by atoms with van der Waals surface area (Å²) >= 11 is 0. The maximum Gasteiger partial charge on any atom is 0.317 e. The number of ether oxygens (including phenoxy) is 1. The zero-order valence-corrected chi connectivity index (χ0v) is 11.2. The lowest BCUT2D eigenvalue weighted by atomic mass is 10.1. The fraction of sp³-hybridized carbons (Fsp3) is 0.500. The van der Waals surface area contributed by atoms with Gasteiger partial charge in [-0.15, -0.1) is 0 Å². The molecule has 0 atom stereocenters. The van der Waals surface area contributed by atoms with Crippen molar-refractivity contribution in [3.63, 3.8) is 0 Å². The first kappa shape index (κ1) is 14.7. The third kappa shape index (κ3) is 4.85. The van der Waals surface area contributed by atoms with Crippen LogP contribution < -0.4 is 0 Å². The van der Waals surface area contributed by atoms with Gasteiger partial charge < -0.3 is 9.84 Å². The number of nitrogens with zero attached hydrogens (tertiary/aromatic N) is 1. The van der Waals surface area contributed by atoms with Crippen molar-refractivity contribution in [2.45, 2.75) is 33.0 Å². The molecule has 0 fully saturated rings. The van der Waals surface area contributed by atoms with Crippen LogP contribution in [0.15, 0.2) is 24.3 Å². The van der Waals surface area contributed by atoms with Gasteiger partial charge in [-0.1, -0.05) is 24.3 Å². The van der Waals surface area contributed by atoms with Crippen molar-refractivity contribution in [1.29, 1.82) is 0 Å². The molecular weight excluding hydrogens is 230 g/mol. The molecule has 0 aliphatic carbocycles. The van der Waals surface area contributed by atoms with Crippen LogP contribution in [0.5, 0.6) is 0 Å². The molecular formula is C14H21NO3. The van der Waals surface area contributed by atoms with Crippen LogP contribution in [-0.4, -0.2) is 35.7 Å². The van der Waals surface area contributed by atoms with Crippen LogP contribution in [0.4, 0.5) is 0 Å². The molecule has 0 saturated heterocycles. The minimum atomic E-state index is -0.792. The van der Waals surface area contributed by atoms with Crippen molar-refractivity contribution >= 4 is 5.97 Å². The molecule has 0 saturated carbocycles. The number of carboxylic acids is 1. The fourth-order valence-corrected chi connectivity index (χ4v) is 1.74. The number of aliphatic carboxylic acids is 1. The number of hydrogen-bond donors (Lipinski definition) is 1. The zero-order valence-electron chi connectivity index (χ0n) is 11.2. The second kappa shape index (κ2) is 7.13. The Morgan fingerprint density at radius 3 is 2.28 bits per heavy atom. The SMILES string of the molecule is COCc1ccc(CN(CC(=O)O)C(C)C)cc1. The first-order chi connectivity index (χ1) is 8.52. The molecule has 0 aromatic heterocycles. The summed E-state index contributed by atoms with van der Waals surface area (Å²) in [6, 6.07) is 8.27. The summed E-state index contributed by atoms with van der Waals surface area (Å²) in [4.78, 5) is 12.7. The third-order valence-corrected chi connectivity index (χ3v) is 2.79. The molecule has 1 N–H and O–H groups in total. The number of benzene rings is 1. The Bertz CT molecular complexity index is 373. The van der Waals surface area contributed by atoms with Gasteiger partial charge >= 0.3 is 5.97 Å². The van der Waals surface area contributed by atoms with Crippen LogP contribution in [-0.2, 0) is 22.7 Å². The van der Waals surface area contributed by atoms with Crippen molar-refractivity contribution < 1.29 is 14.6 Å². The number of carboxylic acid groups (broad SMARTS) is 1. The van der Waals surface area contributed by atoms with Crippen molar-refractivity contribution in [2.75, 3.05) is 13.7 Å². The predicted octanol–water partition coefficient (Wildman–Crippen LogP) is 2.13. The van der Waals surface area contributed by atoms with E-state index in [2.05, 4.69) is 0 Å². The van der Waals surface area contributed by atoms with E-state index in [4.69, 9.17) is 9.84 Å². The van der Waals surface area contributed by atoms with E-state index >= 15 is 0 Å². The van der Waals surface area contributed by atoms with Gasteiger partial charge in [0, 0.05) is 19.7 Å². The summed E-state index contributed by atoms with van der Waals surface area (Å²) in [6.45, 7) is 5.32. The molecule has 100 valence electrons. The first-order valence-electron chi connectivity index (χ1n) is 6.05. The highest BCUT2D eigenvalue weighted by atomic mass is 16.5. The standard InChI is InChI=1S/C14H21NO3/c1-11(2)15(9-14(16)17)8-12-4-6-13(7-5-12)10-18-3/h4-7,11H,8-10H2,1-3H3,(H,16,17). The molecule has 4 heteroatoms. The third-order valence-electron chi connectivity index (χ3n) is 2.79. The molecule has 0 aliphatic rings. The van der Waals surface area contributed by atoms with Crippen LogP contribution in [0, 0.1) is 0 Å². The molecule has 0 unspecified atom stereocenters. The van der Waals surface area contributed by atoms with Crippen molar-refractivity contribution in [2.24, 2.45) is 0 Å². The maximum absolute atomic E-state index is 10.8. The van der Waals surface area contributed by atoms with Crippen molar-refractivity contribution in [3.8, 4) is 0 Å². The van der Waals surface area contributed by atoms with Gasteiger partial charge in [-0.3, -0.25) is 9.69 Å². The monoisotopic (exact) mass is 251 g/mol. The molecule has 0 spiro atoms. The lowest BCUT2D eigenvalue weighted by Gasteiger charge is -2.24. The normalized spacial score (nSPS) is 11.2. The van der Waals surface area contributed by atoms with Gasteiger partial charge in [0.25, 0.3) is 0 Å². The van der Waals surface area contributed by atoms with E-state index in [1.807, 2.05) is 43.0 Å². The Balaban J connectivity index is 2.65. The lowest BCUT2D eigenvalue weighted by Crippen LogP contribution is -2.35. The van der Waals surface area contributed by atoms with Crippen LogP contribution in [0.3, 0.4) is 0 Å². The summed E-state index contributed by atoms with van der Waals surface area (Å²) < 4.78 is 5.05. The van der Waals surface area contributed by atoms with Gasteiger partial charge in [0.05, 0.1) is 13.2 Å². The fourth-order valence-electron chi connectivity index (χ4n) is 1.74. The number of hydrogen-bond acceptors (Lipinski definition) is 3. The Kier molecular flexibility index (Phi) is 5.82. The lowest BCUT2D eigenvalue weighted by molar-refractivity contribution is -0.138. The summed E-state index contributed by atoms with van der Waals surface area (Å²) in [6.07, 6.45) is 0.